The molecule has 2 heterocycles. The Kier molecular flexibility index (Phi) is 2.73. The van der Waals surface area contributed by atoms with Crippen molar-refractivity contribution in [2.24, 2.45) is 0 Å². The number of anilines is 1. The highest BCUT2D eigenvalue weighted by atomic mass is 35.5. The first kappa shape index (κ1) is 10.2. The largest absolute Gasteiger partial charge is 0.285 e. The van der Waals surface area contributed by atoms with E-state index in [2.05, 4.69) is 4.98 Å². The van der Waals surface area contributed by atoms with Crippen molar-refractivity contribution in [2.75, 3.05) is 4.90 Å². The summed E-state index contributed by atoms with van der Waals surface area (Å²) in [5.74, 6) is 0.0602. The third-order valence-corrected chi connectivity index (χ3v) is 2.58. The van der Waals surface area contributed by atoms with Crippen LogP contribution in [0.5, 0.6) is 0 Å². The maximum Gasteiger partial charge on any atom is 0.231 e. The summed E-state index contributed by atoms with van der Waals surface area (Å²) in [6, 6.07) is 3.74. The zero-order chi connectivity index (χ0) is 10.8. The SMILES string of the molecule is Cc1ccc(N2C=C(Cl)CCC2=O)cn1. The number of allylic oxidation sites excluding steroid dienone is 1. The molecule has 0 atom stereocenters. The molecule has 3 nitrogen and oxygen atoms in total. The van der Waals surface area contributed by atoms with Crippen molar-refractivity contribution in [1.29, 1.82) is 0 Å². The molecule has 2 rings (SSSR count). The number of aromatic nitrogens is 1. The van der Waals surface area contributed by atoms with Gasteiger partial charge < -0.3 is 0 Å². The summed E-state index contributed by atoms with van der Waals surface area (Å²) in [5.41, 5.74) is 1.70. The lowest BCUT2D eigenvalue weighted by atomic mass is 10.2. The lowest BCUT2D eigenvalue weighted by Gasteiger charge is -2.22. The lowest BCUT2D eigenvalue weighted by molar-refractivity contribution is -0.118. The number of halogens is 1. The molecule has 0 N–H and O–H groups in total. The zero-order valence-electron chi connectivity index (χ0n) is 8.40. The molecule has 0 bridgehead atoms. The first-order valence-corrected chi connectivity index (χ1v) is 5.15. The number of hydrogen-bond donors (Lipinski definition) is 0. The average molecular weight is 223 g/mol. The van der Waals surface area contributed by atoms with E-state index < -0.39 is 0 Å². The standard InChI is InChI=1S/C11H11ClN2O/c1-8-2-4-10(6-13-8)14-7-9(12)3-5-11(14)15/h2,4,6-7H,3,5H2,1H3. The van der Waals surface area contributed by atoms with Crippen molar-refractivity contribution in [3.8, 4) is 0 Å². The first-order valence-electron chi connectivity index (χ1n) is 4.78. The van der Waals surface area contributed by atoms with Gasteiger partial charge in [0.15, 0.2) is 0 Å². The van der Waals surface area contributed by atoms with Crippen LogP contribution >= 0.6 is 11.6 Å². The Balaban J connectivity index is 2.33. The van der Waals surface area contributed by atoms with E-state index in [-0.39, 0.29) is 5.91 Å². The van der Waals surface area contributed by atoms with Crippen molar-refractivity contribution < 1.29 is 4.79 Å². The quantitative estimate of drug-likeness (QED) is 0.732. The molecule has 0 radical (unpaired) electrons. The molecular weight excluding hydrogens is 212 g/mol. The molecule has 0 saturated carbocycles. The van der Waals surface area contributed by atoms with Crippen LogP contribution in [0.1, 0.15) is 18.5 Å². The van der Waals surface area contributed by atoms with E-state index in [1.807, 2.05) is 19.1 Å². The summed E-state index contributed by atoms with van der Waals surface area (Å²) in [7, 11) is 0. The normalized spacial score (nSPS) is 16.5. The monoisotopic (exact) mass is 222 g/mol. The number of carbonyl (C=O) groups excluding carboxylic acids is 1. The van der Waals surface area contributed by atoms with Crippen LogP contribution in [0, 0.1) is 6.92 Å². The minimum absolute atomic E-state index is 0.0602. The number of rotatable bonds is 1. The zero-order valence-corrected chi connectivity index (χ0v) is 9.16. The van der Waals surface area contributed by atoms with E-state index in [0.717, 1.165) is 11.4 Å². The van der Waals surface area contributed by atoms with Crippen molar-refractivity contribution in [3.05, 3.63) is 35.3 Å². The van der Waals surface area contributed by atoms with Crippen LogP contribution in [0.4, 0.5) is 5.69 Å². The maximum absolute atomic E-state index is 11.6. The van der Waals surface area contributed by atoms with Gasteiger partial charge >= 0.3 is 0 Å². The summed E-state index contributed by atoms with van der Waals surface area (Å²) in [6.07, 6.45) is 4.44. The molecule has 0 fully saturated rings. The highest BCUT2D eigenvalue weighted by Gasteiger charge is 2.19. The fourth-order valence-corrected chi connectivity index (χ4v) is 1.64. The Morgan fingerprint density at radius 1 is 1.40 bits per heavy atom. The number of nitrogens with zero attached hydrogens (tertiary/aromatic N) is 2. The maximum atomic E-state index is 11.6. The van der Waals surface area contributed by atoms with Gasteiger partial charge in [0.1, 0.15) is 0 Å². The van der Waals surface area contributed by atoms with Crippen LogP contribution in [-0.2, 0) is 4.79 Å². The number of aryl methyl sites for hydroxylation is 1. The second-order valence-corrected chi connectivity index (χ2v) is 3.98. The Labute approximate surface area is 93.4 Å². The second-order valence-electron chi connectivity index (χ2n) is 3.50. The van der Waals surface area contributed by atoms with Crippen molar-refractivity contribution >= 4 is 23.2 Å². The summed E-state index contributed by atoms with van der Waals surface area (Å²) < 4.78 is 0. The number of pyridine rings is 1. The van der Waals surface area contributed by atoms with Gasteiger partial charge in [0.25, 0.3) is 0 Å². The molecular formula is C11H11ClN2O. The summed E-state index contributed by atoms with van der Waals surface area (Å²) in [4.78, 5) is 17.3. The van der Waals surface area contributed by atoms with Crippen LogP contribution in [-0.4, -0.2) is 10.9 Å². The third-order valence-electron chi connectivity index (χ3n) is 2.29. The molecule has 0 aromatic carbocycles. The van der Waals surface area contributed by atoms with E-state index in [1.54, 1.807) is 17.3 Å². The molecule has 0 spiro atoms. The van der Waals surface area contributed by atoms with E-state index in [4.69, 9.17) is 11.6 Å². The lowest BCUT2D eigenvalue weighted by Crippen LogP contribution is -2.28. The smallest absolute Gasteiger partial charge is 0.231 e. The highest BCUT2D eigenvalue weighted by molar-refractivity contribution is 6.30. The van der Waals surface area contributed by atoms with E-state index in [1.165, 1.54) is 0 Å². The molecule has 1 aliphatic rings. The second kappa shape index (κ2) is 4.03. The van der Waals surface area contributed by atoms with Crippen molar-refractivity contribution in [3.63, 3.8) is 0 Å². The molecule has 1 aliphatic heterocycles. The van der Waals surface area contributed by atoms with Crippen LogP contribution in [0.25, 0.3) is 0 Å². The number of amides is 1. The van der Waals surface area contributed by atoms with E-state index in [0.29, 0.717) is 17.9 Å². The Hall–Kier alpha value is -1.35. The molecule has 78 valence electrons. The Morgan fingerprint density at radius 2 is 2.20 bits per heavy atom. The molecule has 0 aliphatic carbocycles. The summed E-state index contributed by atoms with van der Waals surface area (Å²) in [6.45, 7) is 1.91. The minimum atomic E-state index is 0.0602. The molecule has 0 unspecified atom stereocenters. The minimum Gasteiger partial charge on any atom is -0.285 e. The third kappa shape index (κ3) is 2.18. The van der Waals surface area contributed by atoms with Crippen LogP contribution in [0.3, 0.4) is 0 Å². The summed E-state index contributed by atoms with van der Waals surface area (Å²) >= 11 is 5.90. The predicted molar refractivity (Wildman–Crippen MR) is 59.6 cm³/mol. The van der Waals surface area contributed by atoms with Gasteiger partial charge in [-0.2, -0.15) is 0 Å². The van der Waals surface area contributed by atoms with Crippen LogP contribution < -0.4 is 4.90 Å². The van der Waals surface area contributed by atoms with Gasteiger partial charge in [0.2, 0.25) is 5.91 Å². The number of hydrogen-bond acceptors (Lipinski definition) is 2. The van der Waals surface area contributed by atoms with Gasteiger partial charge in [-0.25, -0.2) is 0 Å². The molecule has 0 saturated heterocycles. The topological polar surface area (TPSA) is 33.2 Å². The first-order chi connectivity index (χ1) is 7.16. The fraction of sp³-hybridized carbons (Fsp3) is 0.273. The summed E-state index contributed by atoms with van der Waals surface area (Å²) in [5, 5.41) is 0.704. The van der Waals surface area contributed by atoms with Gasteiger partial charge in [-0.1, -0.05) is 11.6 Å². The van der Waals surface area contributed by atoms with E-state index in [9.17, 15) is 4.79 Å². The Morgan fingerprint density at radius 3 is 2.87 bits per heavy atom. The molecule has 1 amide bonds. The molecule has 15 heavy (non-hydrogen) atoms. The van der Waals surface area contributed by atoms with Crippen LogP contribution in [0.15, 0.2) is 29.6 Å². The van der Waals surface area contributed by atoms with Gasteiger partial charge in [0, 0.05) is 23.3 Å². The molecule has 1 aromatic heterocycles. The van der Waals surface area contributed by atoms with Crippen molar-refractivity contribution in [2.45, 2.75) is 19.8 Å². The van der Waals surface area contributed by atoms with Crippen molar-refractivity contribution in [1.82, 2.24) is 4.98 Å². The van der Waals surface area contributed by atoms with E-state index >= 15 is 0 Å². The van der Waals surface area contributed by atoms with Gasteiger partial charge in [0.05, 0.1) is 11.9 Å². The average Bonchev–Trinajstić information content (AvgIpc) is 2.23. The van der Waals surface area contributed by atoms with Gasteiger partial charge in [-0.3, -0.25) is 14.7 Å². The predicted octanol–water partition coefficient (Wildman–Crippen LogP) is 2.60. The number of carbonyl (C=O) groups is 1. The van der Waals surface area contributed by atoms with Gasteiger partial charge in [-0.15, -0.1) is 0 Å². The highest BCUT2D eigenvalue weighted by Crippen LogP contribution is 2.24. The molecule has 1 aromatic rings. The van der Waals surface area contributed by atoms with Crippen LogP contribution in [0.2, 0.25) is 0 Å². The molecule has 4 heteroatoms. The Bertz CT molecular complexity index is 411. The fourth-order valence-electron chi connectivity index (χ4n) is 1.44. The van der Waals surface area contributed by atoms with Gasteiger partial charge in [-0.05, 0) is 25.5 Å².